The number of methoxy groups -OCH3 is 1. The number of nitrogens with zero attached hydrogens (tertiary/aromatic N) is 2. The Morgan fingerprint density at radius 1 is 1.06 bits per heavy atom. The Bertz CT molecular complexity index is 1250. The van der Waals surface area contributed by atoms with Gasteiger partial charge in [0.15, 0.2) is 11.5 Å². The number of benzene rings is 3. The van der Waals surface area contributed by atoms with Crippen LogP contribution in [0.5, 0.6) is 11.5 Å². The third kappa shape index (κ3) is 4.59. The number of aromatic nitrogens is 1. The fourth-order valence-electron chi connectivity index (χ4n) is 3.18. The summed E-state index contributed by atoms with van der Waals surface area (Å²) in [7, 11) is 1.54. The maximum absolute atomic E-state index is 11.7. The third-order valence-corrected chi connectivity index (χ3v) is 5.15. The zero-order chi connectivity index (χ0) is 21.8. The second kappa shape index (κ2) is 9.01. The number of hydrogen-bond acceptors (Lipinski definition) is 6. The van der Waals surface area contributed by atoms with E-state index >= 15 is 0 Å². The first-order chi connectivity index (χ1) is 15.0. The molecule has 31 heavy (non-hydrogen) atoms. The van der Waals surface area contributed by atoms with Gasteiger partial charge in [0, 0.05) is 21.6 Å². The highest BCUT2D eigenvalue weighted by atomic mass is 79.9. The predicted molar refractivity (Wildman–Crippen MR) is 123 cm³/mol. The van der Waals surface area contributed by atoms with E-state index in [4.69, 9.17) is 9.47 Å². The van der Waals surface area contributed by atoms with Crippen LogP contribution in [0.3, 0.4) is 0 Å². The van der Waals surface area contributed by atoms with Crippen molar-refractivity contribution in [2.75, 3.05) is 12.4 Å². The quantitative estimate of drug-likeness (QED) is 0.249. The number of rotatable bonds is 7. The van der Waals surface area contributed by atoms with Crippen molar-refractivity contribution < 1.29 is 14.4 Å². The van der Waals surface area contributed by atoms with Crippen molar-refractivity contribution in [1.82, 2.24) is 4.98 Å². The van der Waals surface area contributed by atoms with Gasteiger partial charge in [0.2, 0.25) is 0 Å². The minimum absolute atomic E-state index is 0.133. The molecule has 7 nitrogen and oxygen atoms in total. The normalized spacial score (nSPS) is 10.6. The van der Waals surface area contributed by atoms with Gasteiger partial charge in [-0.1, -0.05) is 52.3 Å². The van der Waals surface area contributed by atoms with Crippen molar-refractivity contribution in [2.45, 2.75) is 6.61 Å². The summed E-state index contributed by atoms with van der Waals surface area (Å²) in [5.41, 5.74) is 2.45. The van der Waals surface area contributed by atoms with E-state index in [2.05, 4.69) is 26.2 Å². The van der Waals surface area contributed by atoms with Crippen molar-refractivity contribution >= 4 is 43.9 Å². The minimum atomic E-state index is -0.457. The standard InChI is InChI=1S/C23H18BrN3O4/c1-30-21-12-19-18(11-22(21)31-14-15-6-3-2-4-7-15)23(20(13-25-19)27(28)29)26-17-9-5-8-16(24)10-17/h2-13H,14H2,1H3,(H,25,26). The van der Waals surface area contributed by atoms with Crippen molar-refractivity contribution in [3.63, 3.8) is 0 Å². The van der Waals surface area contributed by atoms with Crippen LogP contribution in [0.2, 0.25) is 0 Å². The number of halogens is 1. The molecule has 0 saturated heterocycles. The average Bonchev–Trinajstić information content (AvgIpc) is 2.78. The summed E-state index contributed by atoms with van der Waals surface area (Å²) in [5.74, 6) is 0.969. The Balaban J connectivity index is 1.81. The molecule has 0 spiro atoms. The zero-order valence-corrected chi connectivity index (χ0v) is 18.1. The SMILES string of the molecule is COc1cc2ncc([N+](=O)[O-])c(Nc3cccc(Br)c3)c2cc1OCc1ccccc1. The Morgan fingerprint density at radius 2 is 1.87 bits per heavy atom. The molecule has 0 radical (unpaired) electrons. The van der Waals surface area contributed by atoms with Gasteiger partial charge in [-0.15, -0.1) is 0 Å². The van der Waals surface area contributed by atoms with E-state index < -0.39 is 4.92 Å². The first kappa shape index (κ1) is 20.6. The third-order valence-electron chi connectivity index (χ3n) is 4.66. The summed E-state index contributed by atoms with van der Waals surface area (Å²) in [5, 5.41) is 15.4. The first-order valence-electron chi connectivity index (χ1n) is 9.39. The highest BCUT2D eigenvalue weighted by Gasteiger charge is 2.21. The molecule has 0 saturated carbocycles. The average molecular weight is 480 g/mol. The molecule has 4 rings (SSSR count). The smallest absolute Gasteiger partial charge is 0.311 e. The molecule has 0 bridgehead atoms. The minimum Gasteiger partial charge on any atom is -0.493 e. The molecular formula is C23H18BrN3O4. The molecule has 3 aromatic carbocycles. The second-order valence-corrected chi connectivity index (χ2v) is 7.62. The van der Waals surface area contributed by atoms with Gasteiger partial charge in [-0.05, 0) is 29.8 Å². The van der Waals surface area contributed by atoms with Crippen LogP contribution in [-0.4, -0.2) is 17.0 Å². The maximum atomic E-state index is 11.7. The summed E-state index contributed by atoms with van der Waals surface area (Å²) in [6, 6.07) is 20.5. The summed E-state index contributed by atoms with van der Waals surface area (Å²) in [4.78, 5) is 15.5. The Morgan fingerprint density at radius 3 is 2.58 bits per heavy atom. The lowest BCUT2D eigenvalue weighted by Crippen LogP contribution is -2.02. The largest absolute Gasteiger partial charge is 0.493 e. The van der Waals surface area contributed by atoms with Crippen molar-refractivity contribution in [3.05, 3.63) is 93.1 Å². The lowest BCUT2D eigenvalue weighted by atomic mass is 10.1. The first-order valence-corrected chi connectivity index (χ1v) is 10.2. The van der Waals surface area contributed by atoms with E-state index in [0.717, 1.165) is 10.0 Å². The van der Waals surface area contributed by atoms with Gasteiger partial charge in [0.1, 0.15) is 18.5 Å². The van der Waals surface area contributed by atoms with Crippen LogP contribution in [0, 0.1) is 10.1 Å². The molecule has 8 heteroatoms. The van der Waals surface area contributed by atoms with E-state index in [1.807, 2.05) is 54.6 Å². The molecular weight excluding hydrogens is 462 g/mol. The van der Waals surface area contributed by atoms with Gasteiger partial charge in [-0.3, -0.25) is 10.1 Å². The summed E-state index contributed by atoms with van der Waals surface area (Å²) in [6.45, 7) is 0.333. The fourth-order valence-corrected chi connectivity index (χ4v) is 3.58. The van der Waals surface area contributed by atoms with Crippen LogP contribution in [0.15, 0.2) is 77.4 Å². The second-order valence-electron chi connectivity index (χ2n) is 6.71. The highest BCUT2D eigenvalue weighted by molar-refractivity contribution is 9.10. The number of anilines is 2. The topological polar surface area (TPSA) is 86.5 Å². The molecule has 156 valence electrons. The molecule has 1 heterocycles. The Hall–Kier alpha value is -3.65. The number of ether oxygens (including phenoxy) is 2. The van der Waals surface area contributed by atoms with E-state index in [1.54, 1.807) is 19.2 Å². The predicted octanol–water partition coefficient (Wildman–Crippen LogP) is 6.24. The van der Waals surface area contributed by atoms with Gasteiger partial charge < -0.3 is 14.8 Å². The molecule has 0 fully saturated rings. The number of nitrogens with one attached hydrogen (secondary N) is 1. The molecule has 0 atom stereocenters. The summed E-state index contributed by atoms with van der Waals surface area (Å²) >= 11 is 3.42. The van der Waals surface area contributed by atoms with Gasteiger partial charge in [0.25, 0.3) is 0 Å². The monoisotopic (exact) mass is 479 g/mol. The van der Waals surface area contributed by atoms with Crippen molar-refractivity contribution in [2.24, 2.45) is 0 Å². The number of hydrogen-bond donors (Lipinski definition) is 1. The van der Waals surface area contributed by atoms with Crippen LogP contribution in [0.25, 0.3) is 10.9 Å². The molecule has 0 aliphatic heterocycles. The Labute approximate surface area is 186 Å². The molecule has 1 N–H and O–H groups in total. The Kier molecular flexibility index (Phi) is 5.99. The fraction of sp³-hybridized carbons (Fsp3) is 0.0870. The van der Waals surface area contributed by atoms with Crippen LogP contribution in [0.4, 0.5) is 17.1 Å². The molecule has 0 amide bonds. The van der Waals surface area contributed by atoms with E-state index in [-0.39, 0.29) is 5.69 Å². The van der Waals surface area contributed by atoms with Crippen LogP contribution < -0.4 is 14.8 Å². The van der Waals surface area contributed by atoms with Gasteiger partial charge in [-0.25, -0.2) is 4.98 Å². The summed E-state index contributed by atoms with van der Waals surface area (Å²) < 4.78 is 12.3. The van der Waals surface area contributed by atoms with E-state index in [1.165, 1.54) is 6.20 Å². The van der Waals surface area contributed by atoms with Crippen LogP contribution >= 0.6 is 15.9 Å². The zero-order valence-electron chi connectivity index (χ0n) is 16.5. The van der Waals surface area contributed by atoms with Gasteiger partial charge >= 0.3 is 5.69 Å². The lowest BCUT2D eigenvalue weighted by molar-refractivity contribution is -0.384. The van der Waals surface area contributed by atoms with Crippen molar-refractivity contribution in [3.8, 4) is 11.5 Å². The molecule has 4 aromatic rings. The van der Waals surface area contributed by atoms with Gasteiger partial charge in [0.05, 0.1) is 17.5 Å². The number of fused-ring (bicyclic) bond motifs is 1. The molecule has 0 unspecified atom stereocenters. The van der Waals surface area contributed by atoms with Gasteiger partial charge in [-0.2, -0.15) is 0 Å². The summed E-state index contributed by atoms with van der Waals surface area (Å²) in [6.07, 6.45) is 1.24. The highest BCUT2D eigenvalue weighted by Crippen LogP contribution is 2.40. The van der Waals surface area contributed by atoms with Crippen LogP contribution in [-0.2, 0) is 6.61 Å². The number of nitro groups is 1. The van der Waals surface area contributed by atoms with E-state index in [0.29, 0.717) is 40.4 Å². The molecule has 0 aliphatic carbocycles. The molecule has 1 aromatic heterocycles. The number of pyridine rings is 1. The van der Waals surface area contributed by atoms with Crippen LogP contribution in [0.1, 0.15) is 5.56 Å². The van der Waals surface area contributed by atoms with Crippen molar-refractivity contribution in [1.29, 1.82) is 0 Å². The lowest BCUT2D eigenvalue weighted by Gasteiger charge is -2.15. The van der Waals surface area contributed by atoms with E-state index in [9.17, 15) is 10.1 Å². The maximum Gasteiger partial charge on any atom is 0.311 e. The molecule has 0 aliphatic rings.